The molecule has 14 heteroatoms. The summed E-state index contributed by atoms with van der Waals surface area (Å²) in [5, 5.41) is 0. The number of halogens is 6. The fraction of sp³-hybridized carbons (Fsp3) is 0.219. The quantitative estimate of drug-likeness (QED) is 0.195. The first-order valence-corrected chi connectivity index (χ1v) is 16.7. The normalized spacial score (nSPS) is 19.6. The Bertz CT molecular complexity index is 1740. The summed E-state index contributed by atoms with van der Waals surface area (Å²) in [6, 6.07) is 17.2. The van der Waals surface area contributed by atoms with Crippen LogP contribution in [-0.2, 0) is 19.7 Å². The van der Waals surface area contributed by atoms with Crippen LogP contribution >= 0.6 is 0 Å². The van der Waals surface area contributed by atoms with Crippen LogP contribution in [0.4, 0.5) is 37.7 Å². The Hall–Kier alpha value is -3.88. The topological polar surface area (TPSA) is 76.0 Å². The number of para-hydroxylation sites is 2. The van der Waals surface area contributed by atoms with Gasteiger partial charge in [0.15, 0.2) is 0 Å². The number of sulfone groups is 2. The van der Waals surface area contributed by atoms with Crippen LogP contribution in [0.15, 0.2) is 116 Å². The largest absolute Gasteiger partial charge is 0.469 e. The fourth-order valence-corrected chi connectivity index (χ4v) is 6.88. The molecule has 2 aliphatic rings. The fourth-order valence-electron chi connectivity index (χ4n) is 4.51. The van der Waals surface area contributed by atoms with Gasteiger partial charge in [0.2, 0.25) is 0 Å². The summed E-state index contributed by atoms with van der Waals surface area (Å²) in [4.78, 5) is 3.58. The molecule has 2 unspecified atom stereocenters. The van der Waals surface area contributed by atoms with Crippen molar-refractivity contribution < 1.29 is 48.1 Å². The van der Waals surface area contributed by atoms with Crippen LogP contribution in [0.25, 0.3) is 5.57 Å². The maximum atomic E-state index is 11.8. The third-order valence-corrected chi connectivity index (χ3v) is 11.1. The van der Waals surface area contributed by atoms with Gasteiger partial charge in [-0.25, -0.2) is 0 Å². The number of rotatable bonds is 7. The molecule has 0 amide bonds. The highest BCUT2D eigenvalue weighted by Gasteiger charge is 2.52. The van der Waals surface area contributed by atoms with E-state index in [9.17, 15) is 43.2 Å². The maximum Gasteiger partial charge on any atom is 0.469 e. The number of quaternary nitrogens is 1. The smallest absolute Gasteiger partial charge is 0.351 e. The number of nitrogens with one attached hydrogen (secondary N) is 1. The monoisotopic (exact) mass is 686 g/mol. The van der Waals surface area contributed by atoms with Gasteiger partial charge in [-0.2, -0.15) is 33.3 Å². The second kappa shape index (κ2) is 14.7. The molecule has 1 N–H and O–H groups in total. The number of hydrogen-bond acceptors (Lipinski definition) is 5. The first-order valence-electron chi connectivity index (χ1n) is 13.7. The average molecular weight is 687 g/mol. The van der Waals surface area contributed by atoms with Gasteiger partial charge in [0.1, 0.15) is 25.4 Å². The van der Waals surface area contributed by atoms with E-state index in [1.165, 1.54) is 33.0 Å². The number of nitrogens with zero attached hydrogens (tertiary/aromatic N) is 1. The minimum atomic E-state index is -6.51. The predicted octanol–water partition coefficient (Wildman–Crippen LogP) is 6.91. The lowest BCUT2D eigenvalue weighted by molar-refractivity contribution is -0.774. The lowest BCUT2D eigenvalue weighted by Crippen LogP contribution is -3.02. The zero-order valence-electron chi connectivity index (χ0n) is 24.9. The van der Waals surface area contributed by atoms with Gasteiger partial charge in [0, 0.05) is 36.0 Å². The number of anilines is 1. The van der Waals surface area contributed by atoms with Crippen molar-refractivity contribution in [2.24, 2.45) is 0 Å². The Kier molecular flexibility index (Phi) is 11.7. The Labute approximate surface area is 264 Å². The van der Waals surface area contributed by atoms with Gasteiger partial charge in [-0.1, -0.05) is 83.5 Å². The third-order valence-electron chi connectivity index (χ3n) is 7.03. The van der Waals surface area contributed by atoms with Crippen molar-refractivity contribution in [2.75, 3.05) is 18.5 Å². The molecule has 6 nitrogen and oxygen atoms in total. The van der Waals surface area contributed by atoms with E-state index in [0.717, 1.165) is 6.54 Å². The van der Waals surface area contributed by atoms with Crippen LogP contribution in [0, 0.1) is 4.58 Å². The van der Waals surface area contributed by atoms with Crippen LogP contribution < -0.4 is 9.80 Å². The lowest BCUT2D eigenvalue weighted by atomic mass is 9.93. The van der Waals surface area contributed by atoms with Crippen LogP contribution in [-0.4, -0.2) is 41.4 Å². The summed E-state index contributed by atoms with van der Waals surface area (Å²) in [7, 11) is -10.9. The molecule has 46 heavy (non-hydrogen) atoms. The Morgan fingerprint density at radius 2 is 1.41 bits per heavy atom. The first-order chi connectivity index (χ1) is 21.4. The number of alkyl halides is 6. The third kappa shape index (κ3) is 8.28. The SMILES string of the molecule is CC[NH+]1C=CC(/C=C/C=C/C=C/C=C2/C=CN(C)c3ccccc32)c2ccccc21.C[C-](S(=O)(=O)C(F)(F)F)S(=O)(=O)C(F)(F)F. The summed E-state index contributed by atoms with van der Waals surface area (Å²) in [5.41, 5.74) is -5.68. The van der Waals surface area contributed by atoms with E-state index in [0.29, 0.717) is 5.92 Å². The number of allylic oxidation sites excluding steroid dienone is 10. The molecule has 0 spiro atoms. The molecule has 2 atom stereocenters. The van der Waals surface area contributed by atoms with Crippen molar-refractivity contribution in [1.29, 1.82) is 0 Å². The van der Waals surface area contributed by atoms with Gasteiger partial charge in [-0.3, -0.25) is 21.7 Å². The van der Waals surface area contributed by atoms with E-state index in [1.54, 1.807) is 0 Å². The second-order valence-corrected chi connectivity index (χ2v) is 14.4. The summed E-state index contributed by atoms with van der Waals surface area (Å²) >= 11 is 0. The van der Waals surface area contributed by atoms with Crippen LogP contribution in [0.1, 0.15) is 30.9 Å². The standard InChI is InChI=1S/C28H28N2.C4H3F6O4S2/c1-3-30-22-20-24(26-16-10-12-18-28(26)30)14-8-6-4-5-7-13-23-19-21-29(2)27-17-11-9-15-25(23)27;1-2(15(11,12)3(5,6)7)16(13,14)4(8,9)10/h4-22,24H,3H2,1-2H3;1H3/q;-1/p+1/b6-4+,7-5+,14-8+,23-13-;. The summed E-state index contributed by atoms with van der Waals surface area (Å²) in [6.45, 7) is 3.02. The minimum Gasteiger partial charge on any atom is -0.351 e. The molecule has 0 aliphatic carbocycles. The van der Waals surface area contributed by atoms with Crippen LogP contribution in [0.2, 0.25) is 0 Å². The summed E-state index contributed by atoms with van der Waals surface area (Å²) in [5.74, 6) is 0.341. The Morgan fingerprint density at radius 1 is 0.848 bits per heavy atom. The highest BCUT2D eigenvalue weighted by molar-refractivity contribution is 8.13. The Morgan fingerprint density at radius 3 is 2.04 bits per heavy atom. The first kappa shape index (κ1) is 36.6. The second-order valence-electron chi connectivity index (χ2n) is 9.96. The highest BCUT2D eigenvalue weighted by atomic mass is 32.3. The molecule has 0 fully saturated rings. The van der Waals surface area contributed by atoms with E-state index in [2.05, 4.69) is 134 Å². The van der Waals surface area contributed by atoms with Gasteiger partial charge in [-0.05, 0) is 36.8 Å². The zero-order valence-corrected chi connectivity index (χ0v) is 26.6. The highest BCUT2D eigenvalue weighted by Crippen LogP contribution is 2.40. The van der Waals surface area contributed by atoms with Crippen molar-refractivity contribution in [2.45, 2.75) is 30.8 Å². The molecule has 0 saturated carbocycles. The van der Waals surface area contributed by atoms with E-state index in [4.69, 9.17) is 0 Å². The van der Waals surface area contributed by atoms with Gasteiger partial charge < -0.3 is 4.90 Å². The molecule has 2 aromatic carbocycles. The Balaban J connectivity index is 0.000000307. The molecule has 0 radical (unpaired) electrons. The molecule has 0 saturated heterocycles. The molecule has 4 rings (SSSR count). The van der Waals surface area contributed by atoms with E-state index < -0.39 is 35.3 Å². The summed E-state index contributed by atoms with van der Waals surface area (Å²) in [6.07, 6.45) is 23.8. The zero-order chi connectivity index (χ0) is 34.3. The molecule has 0 bridgehead atoms. The van der Waals surface area contributed by atoms with E-state index in [-0.39, 0.29) is 6.92 Å². The number of fused-ring (bicyclic) bond motifs is 2. The lowest BCUT2D eigenvalue weighted by Gasteiger charge is -2.27. The molecule has 2 aromatic rings. The molecular formula is C32H32F6N2O4S2. The molecule has 0 aromatic heterocycles. The summed E-state index contributed by atoms with van der Waals surface area (Å²) < 4.78 is 109. The van der Waals surface area contributed by atoms with Gasteiger partial charge in [0.05, 0.1) is 12.7 Å². The molecule has 248 valence electrons. The van der Waals surface area contributed by atoms with Crippen molar-refractivity contribution in [3.05, 3.63) is 131 Å². The molecule has 2 heterocycles. The minimum absolute atomic E-state index is 0.272. The van der Waals surface area contributed by atoms with Gasteiger partial charge in [-0.15, -0.1) is 0 Å². The van der Waals surface area contributed by atoms with E-state index in [1.807, 2.05) is 0 Å². The number of hydrogen-bond donors (Lipinski definition) is 1. The van der Waals surface area contributed by atoms with Crippen LogP contribution in [0.5, 0.6) is 0 Å². The van der Waals surface area contributed by atoms with Crippen LogP contribution in [0.3, 0.4) is 0 Å². The van der Waals surface area contributed by atoms with E-state index >= 15 is 0 Å². The number of benzene rings is 2. The van der Waals surface area contributed by atoms with Gasteiger partial charge in [0.25, 0.3) is 0 Å². The average Bonchev–Trinajstić information content (AvgIpc) is 3.00. The van der Waals surface area contributed by atoms with Crippen molar-refractivity contribution in [3.63, 3.8) is 0 Å². The molecule has 2 aliphatic heterocycles. The van der Waals surface area contributed by atoms with Crippen molar-refractivity contribution in [3.8, 4) is 0 Å². The van der Waals surface area contributed by atoms with Gasteiger partial charge >= 0.3 is 11.0 Å². The molecular weight excluding hydrogens is 654 g/mol. The predicted molar refractivity (Wildman–Crippen MR) is 168 cm³/mol. The maximum absolute atomic E-state index is 11.8. The van der Waals surface area contributed by atoms with Crippen molar-refractivity contribution in [1.82, 2.24) is 0 Å². The van der Waals surface area contributed by atoms with Crippen molar-refractivity contribution >= 4 is 36.6 Å².